The van der Waals surface area contributed by atoms with E-state index in [-0.39, 0.29) is 0 Å². The predicted molar refractivity (Wildman–Crippen MR) is 126 cm³/mol. The fraction of sp³-hybridized carbons (Fsp3) is 0.478. The van der Waals surface area contributed by atoms with Gasteiger partial charge in [-0.1, -0.05) is 0 Å². The summed E-state index contributed by atoms with van der Waals surface area (Å²) in [7, 11) is 3.57. The molecule has 0 amide bonds. The zero-order chi connectivity index (χ0) is 23.8. The monoisotopic (exact) mass is 470 g/mol. The van der Waals surface area contributed by atoms with E-state index in [0.29, 0.717) is 46.6 Å². The smallest absolute Gasteiger partial charge is 0.256 e. The number of alkyl halides is 2. The van der Waals surface area contributed by atoms with Crippen molar-refractivity contribution in [3.8, 4) is 11.3 Å². The number of methoxy groups -OCH3 is 1. The molecule has 0 bridgehead atoms. The number of imidazole rings is 1. The van der Waals surface area contributed by atoms with Crippen LogP contribution in [0.2, 0.25) is 0 Å². The Kier molecular flexibility index (Phi) is 6.03. The molecule has 0 spiro atoms. The summed E-state index contributed by atoms with van der Waals surface area (Å²) in [5, 5.41) is 11.3. The molecule has 0 aliphatic heterocycles. The van der Waals surface area contributed by atoms with E-state index < -0.39 is 13.0 Å². The van der Waals surface area contributed by atoms with Gasteiger partial charge in [0.25, 0.3) is 6.43 Å². The summed E-state index contributed by atoms with van der Waals surface area (Å²) in [5.74, 6) is 1.72. The zero-order valence-electron chi connectivity index (χ0n) is 19.4. The molecule has 34 heavy (non-hydrogen) atoms. The first-order valence-electron chi connectivity index (χ1n) is 11.5. The zero-order valence-corrected chi connectivity index (χ0v) is 19.4. The van der Waals surface area contributed by atoms with Crippen LogP contribution < -0.4 is 10.6 Å². The third-order valence-corrected chi connectivity index (χ3v) is 6.47. The van der Waals surface area contributed by atoms with Crippen LogP contribution in [-0.2, 0) is 11.3 Å². The number of ether oxygens (including phenoxy) is 1. The highest BCUT2D eigenvalue weighted by molar-refractivity contribution is 5.89. The standard InChI is InChI=1S/C23H28F2N8O/c1-13-27-18-9-8-17(29-22(18)32(13)12-19(24)25)16-10-11-33-20(16)21(26-2)30-23(31-33)28-14-4-6-15(34-3)7-5-14/h8-11,14-15,19H,4-7,12H2,1-3H3,(H2,26,28,30,31). The van der Waals surface area contributed by atoms with E-state index in [1.54, 1.807) is 18.5 Å². The van der Waals surface area contributed by atoms with Crippen molar-refractivity contribution in [1.82, 2.24) is 29.1 Å². The molecule has 180 valence electrons. The lowest BCUT2D eigenvalue weighted by Crippen LogP contribution is -2.30. The summed E-state index contributed by atoms with van der Waals surface area (Å²) in [5.41, 5.74) is 3.24. The van der Waals surface area contributed by atoms with Crippen molar-refractivity contribution in [2.24, 2.45) is 0 Å². The molecule has 0 saturated heterocycles. The summed E-state index contributed by atoms with van der Waals surface area (Å²) in [6, 6.07) is 5.86. The first-order chi connectivity index (χ1) is 16.5. The largest absolute Gasteiger partial charge is 0.381 e. The van der Waals surface area contributed by atoms with Crippen molar-refractivity contribution in [2.45, 2.75) is 57.7 Å². The van der Waals surface area contributed by atoms with Crippen molar-refractivity contribution < 1.29 is 13.5 Å². The first-order valence-corrected chi connectivity index (χ1v) is 11.5. The second kappa shape index (κ2) is 9.13. The van der Waals surface area contributed by atoms with E-state index in [2.05, 4.69) is 20.7 Å². The molecule has 0 atom stereocenters. The molecule has 4 aromatic heterocycles. The summed E-state index contributed by atoms with van der Waals surface area (Å²) in [6.07, 6.45) is 3.72. The highest BCUT2D eigenvalue weighted by atomic mass is 19.3. The van der Waals surface area contributed by atoms with Gasteiger partial charge in [0.2, 0.25) is 5.95 Å². The average molecular weight is 471 g/mol. The Labute approximate surface area is 195 Å². The van der Waals surface area contributed by atoms with Gasteiger partial charge in [0.15, 0.2) is 11.5 Å². The van der Waals surface area contributed by atoms with Gasteiger partial charge in [0, 0.05) is 32.0 Å². The van der Waals surface area contributed by atoms with Gasteiger partial charge < -0.3 is 19.9 Å². The van der Waals surface area contributed by atoms with E-state index in [1.165, 1.54) is 4.57 Å². The van der Waals surface area contributed by atoms with Crippen LogP contribution in [0.4, 0.5) is 20.5 Å². The average Bonchev–Trinajstić information content (AvgIpc) is 3.39. The van der Waals surface area contributed by atoms with Gasteiger partial charge in [-0.05, 0) is 50.8 Å². The number of rotatable bonds is 7. The molecule has 2 N–H and O–H groups in total. The lowest BCUT2D eigenvalue weighted by Gasteiger charge is -2.28. The second-order valence-electron chi connectivity index (χ2n) is 8.61. The SMILES string of the molecule is CNc1nc(NC2CCC(OC)CC2)nn2ccc(-c3ccc4nc(C)n(CC(F)F)c4n3)c12. The van der Waals surface area contributed by atoms with Crippen LogP contribution in [0, 0.1) is 6.92 Å². The van der Waals surface area contributed by atoms with Crippen molar-refractivity contribution in [3.05, 3.63) is 30.2 Å². The first kappa shape index (κ1) is 22.5. The summed E-state index contributed by atoms with van der Waals surface area (Å²) < 4.78 is 34.9. The van der Waals surface area contributed by atoms with Crippen molar-refractivity contribution in [3.63, 3.8) is 0 Å². The highest BCUT2D eigenvalue weighted by Gasteiger charge is 2.23. The molecule has 11 heteroatoms. The molecule has 1 aliphatic rings. The summed E-state index contributed by atoms with van der Waals surface area (Å²) in [4.78, 5) is 13.8. The molecule has 5 rings (SSSR count). The van der Waals surface area contributed by atoms with Crippen LogP contribution >= 0.6 is 0 Å². The molecule has 0 radical (unpaired) electrons. The summed E-state index contributed by atoms with van der Waals surface area (Å²) in [6.45, 7) is 1.27. The molecule has 1 aliphatic carbocycles. The fourth-order valence-electron chi connectivity index (χ4n) is 4.71. The number of hydrogen-bond acceptors (Lipinski definition) is 7. The minimum absolute atomic E-state index is 0.297. The van der Waals surface area contributed by atoms with Gasteiger partial charge in [-0.3, -0.25) is 0 Å². The Bertz CT molecular complexity index is 1310. The Balaban J connectivity index is 1.49. The van der Waals surface area contributed by atoms with Crippen LogP contribution in [0.15, 0.2) is 24.4 Å². The number of nitrogens with zero attached hydrogens (tertiary/aromatic N) is 6. The topological polar surface area (TPSA) is 94.2 Å². The molecule has 1 fully saturated rings. The maximum atomic E-state index is 13.1. The number of aryl methyl sites for hydroxylation is 1. The molecule has 9 nitrogen and oxygen atoms in total. The van der Waals surface area contributed by atoms with Crippen LogP contribution in [0.1, 0.15) is 31.5 Å². The molecule has 4 aromatic rings. The van der Waals surface area contributed by atoms with E-state index in [1.807, 2.05) is 31.4 Å². The van der Waals surface area contributed by atoms with Gasteiger partial charge in [-0.25, -0.2) is 23.3 Å². The minimum atomic E-state index is -2.49. The van der Waals surface area contributed by atoms with Crippen molar-refractivity contribution in [1.29, 1.82) is 0 Å². The van der Waals surface area contributed by atoms with Crippen LogP contribution in [-0.4, -0.2) is 61.9 Å². The number of pyridine rings is 1. The Hall–Kier alpha value is -3.34. The van der Waals surface area contributed by atoms with Gasteiger partial charge in [0.05, 0.1) is 18.3 Å². The van der Waals surface area contributed by atoms with Crippen molar-refractivity contribution >= 4 is 28.4 Å². The summed E-state index contributed by atoms with van der Waals surface area (Å²) >= 11 is 0. The fourth-order valence-corrected chi connectivity index (χ4v) is 4.71. The third kappa shape index (κ3) is 4.15. The number of anilines is 2. The van der Waals surface area contributed by atoms with E-state index >= 15 is 0 Å². The number of nitrogens with one attached hydrogen (secondary N) is 2. The minimum Gasteiger partial charge on any atom is -0.381 e. The molecule has 0 aromatic carbocycles. The maximum absolute atomic E-state index is 13.1. The lowest BCUT2D eigenvalue weighted by molar-refractivity contribution is 0.0681. The van der Waals surface area contributed by atoms with Crippen molar-refractivity contribution in [2.75, 3.05) is 24.8 Å². The lowest BCUT2D eigenvalue weighted by atomic mass is 9.93. The Morgan fingerprint density at radius 2 is 1.91 bits per heavy atom. The van der Waals surface area contributed by atoms with E-state index in [4.69, 9.17) is 14.7 Å². The highest BCUT2D eigenvalue weighted by Crippen LogP contribution is 2.31. The molecule has 0 unspecified atom stereocenters. The predicted octanol–water partition coefficient (Wildman–Crippen LogP) is 4.13. The maximum Gasteiger partial charge on any atom is 0.256 e. The number of aromatic nitrogens is 6. The van der Waals surface area contributed by atoms with Crippen LogP contribution in [0.3, 0.4) is 0 Å². The second-order valence-corrected chi connectivity index (χ2v) is 8.61. The quantitative estimate of drug-likeness (QED) is 0.420. The van der Waals surface area contributed by atoms with Gasteiger partial charge in [-0.15, -0.1) is 5.10 Å². The Morgan fingerprint density at radius 3 is 2.62 bits per heavy atom. The Morgan fingerprint density at radius 1 is 1.12 bits per heavy atom. The number of fused-ring (bicyclic) bond motifs is 2. The van der Waals surface area contributed by atoms with Crippen LogP contribution in [0.5, 0.6) is 0 Å². The van der Waals surface area contributed by atoms with E-state index in [0.717, 1.165) is 36.8 Å². The van der Waals surface area contributed by atoms with Gasteiger partial charge in [0.1, 0.15) is 16.9 Å². The van der Waals surface area contributed by atoms with Gasteiger partial charge in [-0.2, -0.15) is 4.98 Å². The molecule has 1 saturated carbocycles. The third-order valence-electron chi connectivity index (χ3n) is 6.47. The van der Waals surface area contributed by atoms with E-state index in [9.17, 15) is 8.78 Å². The normalized spacial score (nSPS) is 18.8. The molecular formula is C23H28F2N8O. The molecular weight excluding hydrogens is 442 g/mol. The van der Waals surface area contributed by atoms with Crippen LogP contribution in [0.25, 0.3) is 27.9 Å². The van der Waals surface area contributed by atoms with Gasteiger partial charge >= 0.3 is 0 Å². The molecule has 4 heterocycles. The number of halogens is 2. The number of hydrogen-bond donors (Lipinski definition) is 2.